The molecule has 0 N–H and O–H groups in total. The third kappa shape index (κ3) is 4.27. The second-order valence-corrected chi connectivity index (χ2v) is 9.05. The number of amides is 1. The maximum absolute atomic E-state index is 12.7. The fourth-order valence-corrected chi connectivity index (χ4v) is 4.84. The lowest BCUT2D eigenvalue weighted by Crippen LogP contribution is -2.50. The van der Waals surface area contributed by atoms with Crippen LogP contribution in [0.4, 0.5) is 0 Å². The summed E-state index contributed by atoms with van der Waals surface area (Å²) in [5, 5.41) is 3.88. The van der Waals surface area contributed by atoms with Crippen LogP contribution >= 0.6 is 0 Å². The Kier molecular flexibility index (Phi) is 5.65. The van der Waals surface area contributed by atoms with Gasteiger partial charge in [0.15, 0.2) is 0 Å². The van der Waals surface area contributed by atoms with E-state index in [1.165, 1.54) is 4.31 Å². The minimum absolute atomic E-state index is 0.0186. The van der Waals surface area contributed by atoms with Crippen molar-refractivity contribution in [1.29, 1.82) is 0 Å². The minimum Gasteiger partial charge on any atom is -0.340 e. The molecule has 0 unspecified atom stereocenters. The van der Waals surface area contributed by atoms with Gasteiger partial charge in [-0.05, 0) is 17.7 Å². The van der Waals surface area contributed by atoms with E-state index in [0.29, 0.717) is 37.9 Å². The van der Waals surface area contributed by atoms with Crippen LogP contribution in [0.3, 0.4) is 0 Å². The highest BCUT2D eigenvalue weighted by Gasteiger charge is 2.29. The Bertz CT molecular complexity index is 1120. The largest absolute Gasteiger partial charge is 0.340 e. The van der Waals surface area contributed by atoms with Crippen molar-refractivity contribution in [2.75, 3.05) is 26.2 Å². The highest BCUT2D eigenvalue weighted by Crippen LogP contribution is 2.19. The van der Waals surface area contributed by atoms with Crippen LogP contribution in [0.2, 0.25) is 0 Å². The molecule has 3 aromatic rings. The van der Waals surface area contributed by atoms with Gasteiger partial charge in [-0.1, -0.05) is 47.6 Å². The van der Waals surface area contributed by atoms with Crippen molar-refractivity contribution in [3.8, 4) is 11.4 Å². The lowest BCUT2D eigenvalue weighted by molar-refractivity contribution is -0.131. The number of carbonyl (C=O) groups is 1. The summed E-state index contributed by atoms with van der Waals surface area (Å²) in [5.74, 6) is 0.994. The molecule has 0 aliphatic carbocycles. The van der Waals surface area contributed by atoms with Crippen molar-refractivity contribution in [2.24, 2.45) is 0 Å². The molecule has 2 heterocycles. The van der Waals surface area contributed by atoms with E-state index >= 15 is 0 Å². The zero-order valence-electron chi connectivity index (χ0n) is 16.6. The maximum Gasteiger partial charge on any atom is 0.243 e. The molecule has 4 rings (SSSR count). The molecule has 0 saturated carbocycles. The average molecular weight is 426 g/mol. The van der Waals surface area contributed by atoms with E-state index in [1.54, 1.807) is 42.2 Å². The Labute approximate surface area is 175 Å². The van der Waals surface area contributed by atoms with Crippen LogP contribution in [0.5, 0.6) is 0 Å². The fraction of sp³-hybridized carbons (Fsp3) is 0.286. The van der Waals surface area contributed by atoms with E-state index in [-0.39, 0.29) is 17.2 Å². The maximum atomic E-state index is 12.7. The molecular weight excluding hydrogens is 404 g/mol. The molecular formula is C21H22N4O4S. The number of sulfonamides is 1. The van der Waals surface area contributed by atoms with Crippen LogP contribution < -0.4 is 0 Å². The van der Waals surface area contributed by atoms with Gasteiger partial charge in [-0.25, -0.2) is 8.42 Å². The van der Waals surface area contributed by atoms with Crippen LogP contribution in [0.25, 0.3) is 11.4 Å². The number of aromatic nitrogens is 2. The Morgan fingerprint density at radius 2 is 1.67 bits per heavy atom. The van der Waals surface area contributed by atoms with Gasteiger partial charge in [0.25, 0.3) is 0 Å². The molecule has 1 amide bonds. The molecule has 1 saturated heterocycles. The molecule has 30 heavy (non-hydrogen) atoms. The monoisotopic (exact) mass is 426 g/mol. The Morgan fingerprint density at radius 3 is 2.27 bits per heavy atom. The Balaban J connectivity index is 1.34. The third-order valence-corrected chi connectivity index (χ3v) is 6.98. The van der Waals surface area contributed by atoms with Crippen molar-refractivity contribution in [3.05, 3.63) is 66.1 Å². The summed E-state index contributed by atoms with van der Waals surface area (Å²) in [6, 6.07) is 15.8. The molecule has 0 atom stereocenters. The smallest absolute Gasteiger partial charge is 0.243 e. The van der Waals surface area contributed by atoms with Gasteiger partial charge in [-0.3, -0.25) is 4.79 Å². The first kappa shape index (κ1) is 20.2. The molecule has 0 bridgehead atoms. The summed E-state index contributed by atoms with van der Waals surface area (Å²) in [4.78, 5) is 18.9. The summed E-state index contributed by atoms with van der Waals surface area (Å²) >= 11 is 0. The quantitative estimate of drug-likeness (QED) is 0.620. The van der Waals surface area contributed by atoms with Gasteiger partial charge in [0.05, 0.1) is 11.3 Å². The number of piperazine rings is 1. The third-order valence-electron chi connectivity index (χ3n) is 5.07. The number of nitrogens with zero attached hydrogens (tertiary/aromatic N) is 4. The van der Waals surface area contributed by atoms with E-state index in [4.69, 9.17) is 4.52 Å². The van der Waals surface area contributed by atoms with Gasteiger partial charge in [0, 0.05) is 38.7 Å². The molecule has 2 aromatic carbocycles. The number of carbonyl (C=O) groups excluding carboxylic acids is 1. The molecule has 0 radical (unpaired) electrons. The van der Waals surface area contributed by atoms with E-state index in [1.807, 2.05) is 24.3 Å². The van der Waals surface area contributed by atoms with Crippen LogP contribution in [0.1, 0.15) is 11.5 Å². The first-order valence-corrected chi connectivity index (χ1v) is 11.1. The van der Waals surface area contributed by atoms with Crippen molar-refractivity contribution < 1.29 is 17.7 Å². The van der Waals surface area contributed by atoms with Crippen LogP contribution in [-0.2, 0) is 21.2 Å². The molecule has 9 heteroatoms. The van der Waals surface area contributed by atoms with Gasteiger partial charge in [0.1, 0.15) is 0 Å². The number of aryl methyl sites for hydroxylation is 1. The van der Waals surface area contributed by atoms with Gasteiger partial charge < -0.3 is 9.42 Å². The lowest BCUT2D eigenvalue weighted by Gasteiger charge is -2.34. The standard InChI is InChI=1S/C21H22N4O4S/c1-16-22-21(23-29-16)18-9-7-17(8-10-18)15-20(26)24-11-13-25(14-12-24)30(27,28)19-5-3-2-4-6-19/h2-10H,11-15H2,1H3. The minimum atomic E-state index is -3.52. The number of hydrogen-bond donors (Lipinski definition) is 0. The zero-order valence-corrected chi connectivity index (χ0v) is 17.4. The average Bonchev–Trinajstić information content (AvgIpc) is 3.21. The molecule has 1 aliphatic heterocycles. The van der Waals surface area contributed by atoms with Gasteiger partial charge >= 0.3 is 0 Å². The summed E-state index contributed by atoms with van der Waals surface area (Å²) in [6.07, 6.45) is 0.261. The van der Waals surface area contributed by atoms with Crippen molar-refractivity contribution >= 4 is 15.9 Å². The second-order valence-electron chi connectivity index (χ2n) is 7.11. The topological polar surface area (TPSA) is 96.6 Å². The van der Waals surface area contributed by atoms with Crippen LogP contribution in [0, 0.1) is 6.92 Å². The molecule has 0 spiro atoms. The van der Waals surface area contributed by atoms with Crippen molar-refractivity contribution in [3.63, 3.8) is 0 Å². The highest BCUT2D eigenvalue weighted by atomic mass is 32.2. The Morgan fingerprint density at radius 1 is 1.00 bits per heavy atom. The van der Waals surface area contributed by atoms with E-state index in [2.05, 4.69) is 10.1 Å². The summed E-state index contributed by atoms with van der Waals surface area (Å²) in [6.45, 7) is 3.07. The van der Waals surface area contributed by atoms with Gasteiger partial charge in [0.2, 0.25) is 27.6 Å². The summed E-state index contributed by atoms with van der Waals surface area (Å²) in [7, 11) is -3.52. The van der Waals surface area contributed by atoms with E-state index < -0.39 is 10.0 Å². The van der Waals surface area contributed by atoms with Gasteiger partial charge in [-0.2, -0.15) is 9.29 Å². The van der Waals surface area contributed by atoms with E-state index in [0.717, 1.165) is 11.1 Å². The van der Waals surface area contributed by atoms with Crippen molar-refractivity contribution in [1.82, 2.24) is 19.3 Å². The molecule has 156 valence electrons. The molecule has 1 aromatic heterocycles. The van der Waals surface area contributed by atoms with Gasteiger partial charge in [-0.15, -0.1) is 0 Å². The van der Waals surface area contributed by atoms with Crippen LogP contribution in [-0.4, -0.2) is 59.8 Å². The fourth-order valence-electron chi connectivity index (χ4n) is 3.39. The number of hydrogen-bond acceptors (Lipinski definition) is 6. The molecule has 1 fully saturated rings. The number of benzene rings is 2. The normalized spacial score (nSPS) is 15.3. The SMILES string of the molecule is Cc1nc(-c2ccc(CC(=O)N3CCN(S(=O)(=O)c4ccccc4)CC3)cc2)no1. The summed E-state index contributed by atoms with van der Waals surface area (Å²) in [5.41, 5.74) is 1.70. The van der Waals surface area contributed by atoms with Crippen LogP contribution in [0.15, 0.2) is 64.0 Å². The Hall–Kier alpha value is -3.04. The van der Waals surface area contributed by atoms with Crippen molar-refractivity contribution in [2.45, 2.75) is 18.2 Å². The van der Waals surface area contributed by atoms with E-state index in [9.17, 15) is 13.2 Å². The summed E-state index contributed by atoms with van der Waals surface area (Å²) < 4.78 is 31.8. The predicted molar refractivity (Wildman–Crippen MR) is 110 cm³/mol. The lowest BCUT2D eigenvalue weighted by atomic mass is 10.1. The molecule has 8 nitrogen and oxygen atoms in total. The first-order valence-electron chi connectivity index (χ1n) is 9.66. The number of rotatable bonds is 5. The molecule has 1 aliphatic rings. The first-order chi connectivity index (χ1) is 14.4. The zero-order chi connectivity index (χ0) is 21.1. The highest BCUT2D eigenvalue weighted by molar-refractivity contribution is 7.89. The predicted octanol–water partition coefficient (Wildman–Crippen LogP) is 2.12. The second kappa shape index (κ2) is 8.37.